The van der Waals surface area contributed by atoms with Crippen molar-refractivity contribution in [2.24, 2.45) is 0 Å². The van der Waals surface area contributed by atoms with Gasteiger partial charge in [-0.3, -0.25) is 9.10 Å². The maximum atomic E-state index is 13.0. The molecule has 0 fully saturated rings. The number of anilines is 1. The summed E-state index contributed by atoms with van der Waals surface area (Å²) in [6, 6.07) is 9.86. The van der Waals surface area contributed by atoms with Gasteiger partial charge in [0.25, 0.3) is 0 Å². The van der Waals surface area contributed by atoms with E-state index in [0.29, 0.717) is 0 Å². The predicted octanol–water partition coefficient (Wildman–Crippen LogP) is 4.75. The predicted molar refractivity (Wildman–Crippen MR) is 115 cm³/mol. The van der Waals surface area contributed by atoms with Gasteiger partial charge in [-0.15, -0.1) is 0 Å². The van der Waals surface area contributed by atoms with E-state index in [1.807, 2.05) is 39.0 Å². The summed E-state index contributed by atoms with van der Waals surface area (Å²) in [5, 5.41) is 2.88. The number of rotatable bonds is 8. The molecule has 0 aliphatic rings. The summed E-state index contributed by atoms with van der Waals surface area (Å²) in [5.74, 6) is -0.259. The number of amides is 1. The summed E-state index contributed by atoms with van der Waals surface area (Å²) >= 11 is 0. The van der Waals surface area contributed by atoms with E-state index in [-0.39, 0.29) is 37.0 Å². The van der Waals surface area contributed by atoms with Gasteiger partial charge in [0.2, 0.25) is 15.9 Å². The van der Waals surface area contributed by atoms with Crippen molar-refractivity contribution in [1.29, 1.82) is 0 Å². The molecule has 0 bridgehead atoms. The first kappa shape index (κ1) is 24.7. The Morgan fingerprint density at radius 1 is 1.13 bits per heavy atom. The number of hydrogen-bond donors (Lipinski definition) is 1. The van der Waals surface area contributed by atoms with Crippen molar-refractivity contribution in [1.82, 2.24) is 5.32 Å². The minimum atomic E-state index is -4.58. The Morgan fingerprint density at radius 3 is 2.39 bits per heavy atom. The summed E-state index contributed by atoms with van der Waals surface area (Å²) in [4.78, 5) is 12.3. The van der Waals surface area contributed by atoms with Crippen LogP contribution in [0.2, 0.25) is 0 Å². The number of nitrogens with zero attached hydrogens (tertiary/aromatic N) is 1. The first-order valence-corrected chi connectivity index (χ1v) is 11.7. The van der Waals surface area contributed by atoms with Gasteiger partial charge in [0.15, 0.2) is 0 Å². The molecule has 5 nitrogen and oxygen atoms in total. The van der Waals surface area contributed by atoms with Crippen molar-refractivity contribution in [3.63, 3.8) is 0 Å². The Hall–Kier alpha value is -2.55. The maximum Gasteiger partial charge on any atom is 0.416 e. The van der Waals surface area contributed by atoms with E-state index in [1.165, 1.54) is 6.07 Å². The standard InChI is InChI=1S/C22H27F3N2O3S/c1-15-10-11-20(16(2)13-15)17(3)26-21(28)9-6-12-27(31(4,29)30)19-8-5-7-18(14-19)22(23,24)25/h5,7-8,10-11,13-14,17H,6,9,12H2,1-4H3,(H,26,28). The zero-order chi connectivity index (χ0) is 23.4. The second-order valence-corrected chi connectivity index (χ2v) is 9.54. The van der Waals surface area contributed by atoms with Gasteiger partial charge in [-0.2, -0.15) is 13.2 Å². The molecule has 31 heavy (non-hydrogen) atoms. The van der Waals surface area contributed by atoms with Gasteiger partial charge in [-0.05, 0) is 56.5 Å². The highest BCUT2D eigenvalue weighted by molar-refractivity contribution is 7.92. The molecular weight excluding hydrogens is 429 g/mol. The number of benzene rings is 2. The van der Waals surface area contributed by atoms with Gasteiger partial charge >= 0.3 is 6.18 Å². The van der Waals surface area contributed by atoms with Crippen LogP contribution in [0.25, 0.3) is 0 Å². The molecule has 0 spiro atoms. The van der Waals surface area contributed by atoms with Crippen molar-refractivity contribution in [2.45, 2.75) is 45.8 Å². The molecule has 170 valence electrons. The lowest BCUT2D eigenvalue weighted by Gasteiger charge is -2.23. The van der Waals surface area contributed by atoms with E-state index in [1.54, 1.807) is 0 Å². The molecule has 9 heteroatoms. The zero-order valence-electron chi connectivity index (χ0n) is 18.0. The fourth-order valence-electron chi connectivity index (χ4n) is 3.41. The van der Waals surface area contributed by atoms with E-state index in [9.17, 15) is 26.4 Å². The highest BCUT2D eigenvalue weighted by Crippen LogP contribution is 2.32. The summed E-state index contributed by atoms with van der Waals surface area (Å²) in [7, 11) is -3.82. The van der Waals surface area contributed by atoms with Crippen LogP contribution in [0.5, 0.6) is 0 Å². The molecule has 1 atom stereocenters. The first-order valence-electron chi connectivity index (χ1n) is 9.80. The number of halogens is 3. The fraction of sp³-hybridized carbons (Fsp3) is 0.409. The van der Waals surface area contributed by atoms with Crippen molar-refractivity contribution >= 4 is 21.6 Å². The van der Waals surface area contributed by atoms with Crippen molar-refractivity contribution in [3.8, 4) is 0 Å². The Labute approximate surface area is 181 Å². The second kappa shape index (κ2) is 9.72. The molecule has 0 saturated heterocycles. The van der Waals surface area contributed by atoms with Crippen LogP contribution >= 0.6 is 0 Å². The smallest absolute Gasteiger partial charge is 0.350 e. The maximum absolute atomic E-state index is 13.0. The number of hydrogen-bond acceptors (Lipinski definition) is 3. The third-order valence-corrected chi connectivity index (χ3v) is 6.09. The largest absolute Gasteiger partial charge is 0.416 e. The number of carbonyl (C=O) groups excluding carboxylic acids is 1. The molecule has 0 aromatic heterocycles. The number of carbonyl (C=O) groups is 1. The average molecular weight is 457 g/mol. The summed E-state index contributed by atoms with van der Waals surface area (Å²) in [5.41, 5.74) is 2.15. The van der Waals surface area contributed by atoms with Crippen LogP contribution < -0.4 is 9.62 Å². The van der Waals surface area contributed by atoms with Gasteiger partial charge in [0, 0.05) is 13.0 Å². The highest BCUT2D eigenvalue weighted by atomic mass is 32.2. The Balaban J connectivity index is 2.03. The van der Waals surface area contributed by atoms with E-state index in [2.05, 4.69) is 5.32 Å². The molecule has 2 aromatic rings. The molecule has 2 rings (SSSR count). The van der Waals surface area contributed by atoms with Crippen LogP contribution in [0.3, 0.4) is 0 Å². The third-order valence-electron chi connectivity index (χ3n) is 4.90. The van der Waals surface area contributed by atoms with Gasteiger partial charge in [-0.1, -0.05) is 29.8 Å². The second-order valence-electron chi connectivity index (χ2n) is 7.64. The summed E-state index contributed by atoms with van der Waals surface area (Å²) in [6.45, 7) is 5.70. The third kappa shape index (κ3) is 6.99. The van der Waals surface area contributed by atoms with E-state index in [0.717, 1.165) is 45.5 Å². The number of sulfonamides is 1. The fourth-order valence-corrected chi connectivity index (χ4v) is 4.37. The topological polar surface area (TPSA) is 66.5 Å². The first-order chi connectivity index (χ1) is 14.3. The molecule has 1 unspecified atom stereocenters. The van der Waals surface area contributed by atoms with Gasteiger partial charge in [0.05, 0.1) is 23.5 Å². The lowest BCUT2D eigenvalue weighted by atomic mass is 10.00. The Bertz CT molecular complexity index is 1040. The van der Waals surface area contributed by atoms with Crippen LogP contribution in [-0.4, -0.2) is 27.1 Å². The number of alkyl halides is 3. The van der Waals surface area contributed by atoms with Crippen LogP contribution in [0, 0.1) is 13.8 Å². The summed E-state index contributed by atoms with van der Waals surface area (Å²) < 4.78 is 64.1. The van der Waals surface area contributed by atoms with Gasteiger partial charge in [-0.25, -0.2) is 8.42 Å². The van der Waals surface area contributed by atoms with Gasteiger partial charge in [0.1, 0.15) is 0 Å². The molecule has 0 aliphatic carbocycles. The van der Waals surface area contributed by atoms with Crippen LogP contribution in [0.4, 0.5) is 18.9 Å². The van der Waals surface area contributed by atoms with Crippen molar-refractivity contribution in [3.05, 3.63) is 64.7 Å². The normalized spacial score (nSPS) is 13.0. The molecule has 1 N–H and O–H groups in total. The molecule has 0 heterocycles. The average Bonchev–Trinajstić information content (AvgIpc) is 2.63. The lowest BCUT2D eigenvalue weighted by molar-refractivity contribution is -0.137. The molecule has 0 radical (unpaired) electrons. The highest BCUT2D eigenvalue weighted by Gasteiger charge is 2.31. The van der Waals surface area contributed by atoms with E-state index in [4.69, 9.17) is 0 Å². The van der Waals surface area contributed by atoms with Crippen LogP contribution in [0.1, 0.15) is 48.1 Å². The molecule has 1 amide bonds. The monoisotopic (exact) mass is 456 g/mol. The minimum absolute atomic E-state index is 0.0419. The Morgan fingerprint density at radius 2 is 1.81 bits per heavy atom. The number of aryl methyl sites for hydroxylation is 2. The van der Waals surface area contributed by atoms with E-state index >= 15 is 0 Å². The van der Waals surface area contributed by atoms with Crippen molar-refractivity contribution < 1.29 is 26.4 Å². The van der Waals surface area contributed by atoms with Crippen LogP contribution in [-0.2, 0) is 21.0 Å². The number of nitrogens with one attached hydrogen (secondary N) is 1. The van der Waals surface area contributed by atoms with Gasteiger partial charge < -0.3 is 5.32 Å². The van der Waals surface area contributed by atoms with Crippen LogP contribution in [0.15, 0.2) is 42.5 Å². The molecule has 0 saturated carbocycles. The molecular formula is C22H27F3N2O3S. The van der Waals surface area contributed by atoms with E-state index < -0.39 is 21.8 Å². The zero-order valence-corrected chi connectivity index (χ0v) is 18.8. The lowest BCUT2D eigenvalue weighted by Crippen LogP contribution is -2.33. The summed E-state index contributed by atoms with van der Waals surface area (Å²) in [6.07, 6.45) is -3.45. The quantitative estimate of drug-likeness (QED) is 0.624. The molecule has 2 aromatic carbocycles. The molecule has 0 aliphatic heterocycles. The Kier molecular flexibility index (Phi) is 7.75. The van der Waals surface area contributed by atoms with Crippen molar-refractivity contribution in [2.75, 3.05) is 17.1 Å². The SMILES string of the molecule is Cc1ccc(C(C)NC(=O)CCCN(c2cccc(C(F)(F)F)c2)S(C)(=O)=O)c(C)c1. The minimum Gasteiger partial charge on any atom is -0.350 e.